The maximum absolute atomic E-state index is 6.46. The topological polar surface area (TPSA) is 21.3 Å². The van der Waals surface area contributed by atoms with Gasteiger partial charge in [-0.3, -0.25) is 0 Å². The molecular formula is C19H27NOS. The largest absolute Gasteiger partial charge is 0.490 e. The Bertz CT molecular complexity index is 574. The second-order valence-corrected chi connectivity index (χ2v) is 7.41. The third-order valence-corrected chi connectivity index (χ3v) is 5.67. The Balaban J connectivity index is 1.69. The van der Waals surface area contributed by atoms with Gasteiger partial charge in [0, 0.05) is 10.1 Å². The molecule has 1 N–H and O–H groups in total. The molecule has 1 fully saturated rings. The molecule has 3 rings (SSSR count). The van der Waals surface area contributed by atoms with Crippen molar-refractivity contribution in [2.45, 2.75) is 51.0 Å². The van der Waals surface area contributed by atoms with Gasteiger partial charge in [-0.1, -0.05) is 38.2 Å². The van der Waals surface area contributed by atoms with Crippen molar-refractivity contribution >= 4 is 21.4 Å². The first-order valence-corrected chi connectivity index (χ1v) is 9.52. The zero-order valence-electron chi connectivity index (χ0n) is 13.5. The summed E-state index contributed by atoms with van der Waals surface area (Å²) in [6.07, 6.45) is 9.65. The lowest BCUT2D eigenvalue weighted by Crippen LogP contribution is -2.26. The predicted octanol–water partition coefficient (Wildman–Crippen LogP) is 5.23. The van der Waals surface area contributed by atoms with E-state index in [-0.39, 0.29) is 0 Å². The first-order valence-electron chi connectivity index (χ1n) is 8.64. The SMILES string of the molecule is CNCCC(CC1CCCCC1)Oc1cccc2sccc12. The van der Waals surface area contributed by atoms with Crippen LogP contribution in [0.1, 0.15) is 44.9 Å². The number of benzene rings is 1. The molecule has 0 aliphatic heterocycles. The van der Waals surface area contributed by atoms with Crippen LogP contribution in [-0.4, -0.2) is 19.7 Å². The molecule has 2 aromatic rings. The quantitative estimate of drug-likeness (QED) is 0.755. The van der Waals surface area contributed by atoms with Crippen LogP contribution in [0.5, 0.6) is 5.75 Å². The molecular weight excluding hydrogens is 290 g/mol. The molecule has 1 saturated carbocycles. The number of nitrogens with one attached hydrogen (secondary N) is 1. The normalized spacial score (nSPS) is 17.7. The van der Waals surface area contributed by atoms with Crippen molar-refractivity contribution in [1.82, 2.24) is 5.32 Å². The van der Waals surface area contributed by atoms with Crippen molar-refractivity contribution in [3.8, 4) is 5.75 Å². The van der Waals surface area contributed by atoms with Crippen LogP contribution in [0.3, 0.4) is 0 Å². The molecule has 1 aromatic carbocycles. The average Bonchev–Trinajstić information content (AvgIpc) is 3.03. The molecule has 0 spiro atoms. The molecule has 0 radical (unpaired) electrons. The van der Waals surface area contributed by atoms with Crippen molar-refractivity contribution in [3.05, 3.63) is 29.6 Å². The number of rotatable bonds is 7. The molecule has 1 heterocycles. The molecule has 1 unspecified atom stereocenters. The summed E-state index contributed by atoms with van der Waals surface area (Å²) in [5.41, 5.74) is 0. The molecule has 0 saturated heterocycles. The molecule has 1 atom stereocenters. The van der Waals surface area contributed by atoms with Crippen LogP contribution in [0.25, 0.3) is 10.1 Å². The number of hydrogen-bond donors (Lipinski definition) is 1. The summed E-state index contributed by atoms with van der Waals surface area (Å²) in [5, 5.41) is 6.70. The minimum atomic E-state index is 0.334. The monoisotopic (exact) mass is 317 g/mol. The maximum atomic E-state index is 6.46. The second-order valence-electron chi connectivity index (χ2n) is 6.46. The zero-order chi connectivity index (χ0) is 15.2. The lowest BCUT2D eigenvalue weighted by molar-refractivity contribution is 0.146. The van der Waals surface area contributed by atoms with E-state index in [4.69, 9.17) is 4.74 Å². The third-order valence-electron chi connectivity index (χ3n) is 4.79. The molecule has 1 aromatic heterocycles. The number of hydrogen-bond acceptors (Lipinski definition) is 3. The Labute approximate surface area is 137 Å². The van der Waals surface area contributed by atoms with E-state index in [0.29, 0.717) is 6.10 Å². The van der Waals surface area contributed by atoms with Crippen molar-refractivity contribution < 1.29 is 4.74 Å². The minimum absolute atomic E-state index is 0.334. The van der Waals surface area contributed by atoms with Gasteiger partial charge in [0.15, 0.2) is 0 Å². The van der Waals surface area contributed by atoms with Gasteiger partial charge in [0.1, 0.15) is 11.9 Å². The highest BCUT2D eigenvalue weighted by molar-refractivity contribution is 7.17. The van der Waals surface area contributed by atoms with Gasteiger partial charge in [0.25, 0.3) is 0 Å². The summed E-state index contributed by atoms with van der Waals surface area (Å²) in [6.45, 7) is 1.02. The summed E-state index contributed by atoms with van der Waals surface area (Å²) in [7, 11) is 2.03. The Morgan fingerprint density at radius 3 is 2.91 bits per heavy atom. The van der Waals surface area contributed by atoms with Crippen molar-refractivity contribution in [2.24, 2.45) is 5.92 Å². The van der Waals surface area contributed by atoms with Crippen LogP contribution in [0.15, 0.2) is 29.6 Å². The van der Waals surface area contributed by atoms with Crippen molar-refractivity contribution in [3.63, 3.8) is 0 Å². The Morgan fingerprint density at radius 2 is 2.09 bits per heavy atom. The highest BCUT2D eigenvalue weighted by Crippen LogP contribution is 2.33. The van der Waals surface area contributed by atoms with Gasteiger partial charge in [-0.25, -0.2) is 0 Å². The second kappa shape index (κ2) is 7.98. The molecule has 0 amide bonds. The lowest BCUT2D eigenvalue weighted by Gasteiger charge is -2.27. The highest BCUT2D eigenvalue weighted by atomic mass is 32.1. The lowest BCUT2D eigenvalue weighted by atomic mass is 9.85. The molecule has 1 aliphatic carbocycles. The van der Waals surface area contributed by atoms with Gasteiger partial charge in [0.05, 0.1) is 0 Å². The fourth-order valence-corrected chi connectivity index (χ4v) is 4.38. The first kappa shape index (κ1) is 15.8. The van der Waals surface area contributed by atoms with Crippen LogP contribution >= 0.6 is 11.3 Å². The summed E-state index contributed by atoms with van der Waals surface area (Å²) in [6, 6.07) is 8.61. The first-order chi connectivity index (χ1) is 10.9. The van der Waals surface area contributed by atoms with E-state index in [1.54, 1.807) is 11.3 Å². The molecule has 0 bridgehead atoms. The molecule has 22 heavy (non-hydrogen) atoms. The molecule has 1 aliphatic rings. The molecule has 2 nitrogen and oxygen atoms in total. The van der Waals surface area contributed by atoms with Crippen molar-refractivity contribution in [1.29, 1.82) is 0 Å². The number of ether oxygens (including phenoxy) is 1. The molecule has 120 valence electrons. The van der Waals surface area contributed by atoms with Gasteiger partial charge in [-0.15, -0.1) is 11.3 Å². The third kappa shape index (κ3) is 4.02. The Kier molecular flexibility index (Phi) is 5.74. The van der Waals surface area contributed by atoms with Crippen LogP contribution < -0.4 is 10.1 Å². The van der Waals surface area contributed by atoms with Crippen LogP contribution in [0.4, 0.5) is 0 Å². The smallest absolute Gasteiger partial charge is 0.128 e. The average molecular weight is 317 g/mol. The van der Waals surface area contributed by atoms with Crippen LogP contribution in [0, 0.1) is 5.92 Å². The minimum Gasteiger partial charge on any atom is -0.490 e. The Hall–Kier alpha value is -1.06. The van der Waals surface area contributed by atoms with E-state index >= 15 is 0 Å². The van der Waals surface area contributed by atoms with E-state index in [9.17, 15) is 0 Å². The van der Waals surface area contributed by atoms with Gasteiger partial charge in [-0.2, -0.15) is 0 Å². The summed E-state index contributed by atoms with van der Waals surface area (Å²) in [5.74, 6) is 1.92. The van der Waals surface area contributed by atoms with Gasteiger partial charge >= 0.3 is 0 Å². The highest BCUT2D eigenvalue weighted by Gasteiger charge is 2.20. The van der Waals surface area contributed by atoms with E-state index in [1.807, 2.05) is 7.05 Å². The maximum Gasteiger partial charge on any atom is 0.128 e. The summed E-state index contributed by atoms with van der Waals surface area (Å²) >= 11 is 1.79. The number of thiophene rings is 1. The van der Waals surface area contributed by atoms with Gasteiger partial charge in [0.2, 0.25) is 0 Å². The van der Waals surface area contributed by atoms with E-state index < -0.39 is 0 Å². The zero-order valence-corrected chi connectivity index (χ0v) is 14.3. The summed E-state index contributed by atoms with van der Waals surface area (Å²) < 4.78 is 7.78. The van der Waals surface area contributed by atoms with Gasteiger partial charge < -0.3 is 10.1 Å². The van der Waals surface area contributed by atoms with E-state index in [2.05, 4.69) is 35.0 Å². The summed E-state index contributed by atoms with van der Waals surface area (Å²) in [4.78, 5) is 0. The fourth-order valence-electron chi connectivity index (χ4n) is 3.57. The van der Waals surface area contributed by atoms with Crippen LogP contribution in [-0.2, 0) is 0 Å². The van der Waals surface area contributed by atoms with Crippen LogP contribution in [0.2, 0.25) is 0 Å². The standard InChI is InChI=1S/C19H27NOS/c1-20-12-10-16(14-15-6-3-2-4-7-15)21-18-8-5-9-19-17(18)11-13-22-19/h5,8-9,11,13,15-16,20H,2-4,6-7,10,12,14H2,1H3. The predicted molar refractivity (Wildman–Crippen MR) is 96.0 cm³/mol. The van der Waals surface area contributed by atoms with E-state index in [0.717, 1.165) is 24.6 Å². The fraction of sp³-hybridized carbons (Fsp3) is 0.579. The Morgan fingerprint density at radius 1 is 1.23 bits per heavy atom. The molecule has 3 heteroatoms. The van der Waals surface area contributed by atoms with Crippen molar-refractivity contribution in [2.75, 3.05) is 13.6 Å². The number of fused-ring (bicyclic) bond motifs is 1. The van der Waals surface area contributed by atoms with E-state index in [1.165, 1.54) is 48.6 Å². The van der Waals surface area contributed by atoms with Gasteiger partial charge in [-0.05, 0) is 55.9 Å².